The number of terminal acetylenes is 1. The first kappa shape index (κ1) is 28.9. The first-order valence-corrected chi connectivity index (χ1v) is 16.2. The second-order valence-corrected chi connectivity index (χ2v) is 12.8. The van der Waals surface area contributed by atoms with Crippen LogP contribution < -0.4 is 4.74 Å². The number of fused-ring (bicyclic) bond motifs is 2. The highest BCUT2D eigenvalue weighted by atomic mass is 32.1. The fraction of sp³-hybridized carbons (Fsp3) is 0.306. The van der Waals surface area contributed by atoms with Gasteiger partial charge in [0.05, 0.1) is 32.4 Å². The molecule has 2 aliphatic rings. The Morgan fingerprint density at radius 3 is 2.40 bits per heavy atom. The Balaban J connectivity index is 1.16. The van der Waals surface area contributed by atoms with Crippen molar-refractivity contribution in [3.63, 3.8) is 0 Å². The maximum atomic E-state index is 13.9. The van der Waals surface area contributed by atoms with E-state index in [0.29, 0.717) is 67.8 Å². The highest BCUT2D eigenvalue weighted by Crippen LogP contribution is 2.35. The molecule has 0 N–H and O–H groups in total. The van der Waals surface area contributed by atoms with E-state index in [4.69, 9.17) is 16.1 Å². The molecule has 7 rings (SSSR count). The zero-order valence-corrected chi connectivity index (χ0v) is 25.8. The number of hydrogen-bond acceptors (Lipinski definition) is 7. The summed E-state index contributed by atoms with van der Waals surface area (Å²) in [6, 6.07) is 21.0. The molecular weight excluding hydrogens is 582 g/mol. The molecule has 2 aliphatic heterocycles. The van der Waals surface area contributed by atoms with Crippen molar-refractivity contribution < 1.29 is 14.3 Å². The van der Waals surface area contributed by atoms with Crippen molar-refractivity contribution in [3.8, 4) is 18.1 Å². The number of aromatic nitrogens is 3. The highest BCUT2D eigenvalue weighted by Gasteiger charge is 2.37. The van der Waals surface area contributed by atoms with E-state index in [1.165, 1.54) is 0 Å². The Morgan fingerprint density at radius 2 is 1.64 bits per heavy atom. The predicted molar refractivity (Wildman–Crippen MR) is 175 cm³/mol. The van der Waals surface area contributed by atoms with Crippen molar-refractivity contribution in [2.45, 2.75) is 44.1 Å². The number of carbonyl (C=O) groups excluding carboxylic acids is 2. The first-order chi connectivity index (χ1) is 22.0. The maximum Gasteiger partial charge on any atom is 0.272 e. The van der Waals surface area contributed by atoms with Crippen molar-refractivity contribution in [2.24, 2.45) is 0 Å². The van der Waals surface area contributed by atoms with E-state index in [2.05, 4.69) is 15.9 Å². The van der Waals surface area contributed by atoms with Crippen LogP contribution in [0.3, 0.4) is 0 Å². The van der Waals surface area contributed by atoms with Crippen LogP contribution in [0.15, 0.2) is 72.9 Å². The van der Waals surface area contributed by atoms with Crippen LogP contribution >= 0.6 is 11.3 Å². The molecule has 0 bridgehead atoms. The number of para-hydroxylation sites is 1. The van der Waals surface area contributed by atoms with E-state index in [9.17, 15) is 9.59 Å². The minimum Gasteiger partial charge on any atom is -0.486 e. The summed E-state index contributed by atoms with van der Waals surface area (Å²) in [6.45, 7) is 2.68. The molecule has 9 heteroatoms. The molecule has 0 aliphatic carbocycles. The molecule has 0 spiro atoms. The number of piperidine rings is 2. The molecule has 0 unspecified atom stereocenters. The molecule has 5 aromatic rings. The van der Waals surface area contributed by atoms with Crippen molar-refractivity contribution in [1.82, 2.24) is 24.8 Å². The van der Waals surface area contributed by atoms with Crippen LogP contribution in [0.1, 0.15) is 63.7 Å². The third-order valence-corrected chi connectivity index (χ3v) is 9.92. The molecule has 2 aromatic carbocycles. The van der Waals surface area contributed by atoms with Crippen LogP contribution in [0.25, 0.3) is 21.1 Å². The molecule has 226 valence electrons. The SMILES string of the molecule is C#CC1(c2ccccn2)CCN(C(=O)c2cc(C(=O)N3CCCCC3)c3cc(OCc4nc5ccccc5s4)ccc3n2)CC1. The van der Waals surface area contributed by atoms with Crippen molar-refractivity contribution >= 4 is 44.3 Å². The van der Waals surface area contributed by atoms with Gasteiger partial charge in [-0.05, 0) is 80.6 Å². The number of ether oxygens (including phenoxy) is 1. The summed E-state index contributed by atoms with van der Waals surface area (Å²) in [6.07, 6.45) is 12.0. The normalized spacial score (nSPS) is 16.4. The summed E-state index contributed by atoms with van der Waals surface area (Å²) in [5.74, 6) is 3.30. The van der Waals surface area contributed by atoms with Crippen LogP contribution in [0.2, 0.25) is 0 Å². The molecule has 8 nitrogen and oxygen atoms in total. The summed E-state index contributed by atoms with van der Waals surface area (Å²) in [5, 5.41) is 1.54. The van der Waals surface area contributed by atoms with Gasteiger partial charge in [0.25, 0.3) is 11.8 Å². The largest absolute Gasteiger partial charge is 0.486 e. The Morgan fingerprint density at radius 1 is 0.867 bits per heavy atom. The standard InChI is InChI=1S/C36H33N5O3S/c1-2-36(32-12-6-7-17-37-32)15-20-41(21-16-36)35(43)30-23-27(34(42)40-18-8-3-9-19-40)26-22-25(13-14-28(26)38-30)44-24-33-39-29-10-4-5-11-31(29)45-33/h1,4-7,10-14,17,22-23H,3,8-9,15-16,18-21,24H2. The fourth-order valence-corrected chi connectivity index (χ4v) is 7.23. The van der Waals surface area contributed by atoms with Gasteiger partial charge < -0.3 is 14.5 Å². The second kappa shape index (κ2) is 12.3. The molecule has 0 radical (unpaired) electrons. The number of nitrogens with zero attached hydrogens (tertiary/aromatic N) is 5. The van der Waals surface area contributed by atoms with Crippen molar-refractivity contribution in [3.05, 3.63) is 94.9 Å². The summed E-state index contributed by atoms with van der Waals surface area (Å²) in [5.41, 5.74) is 2.62. The predicted octanol–water partition coefficient (Wildman–Crippen LogP) is 6.25. The molecule has 2 saturated heterocycles. The average molecular weight is 616 g/mol. The zero-order valence-electron chi connectivity index (χ0n) is 24.9. The maximum absolute atomic E-state index is 13.9. The second-order valence-electron chi connectivity index (χ2n) is 11.7. The Labute approximate surface area is 266 Å². The van der Waals surface area contributed by atoms with Gasteiger partial charge in [0.1, 0.15) is 23.1 Å². The lowest BCUT2D eigenvalue weighted by Crippen LogP contribution is -2.45. The molecule has 2 amide bonds. The van der Waals surface area contributed by atoms with Gasteiger partial charge in [-0.15, -0.1) is 17.8 Å². The minimum absolute atomic E-state index is 0.0837. The number of hydrogen-bond donors (Lipinski definition) is 0. The van der Waals surface area contributed by atoms with E-state index < -0.39 is 5.41 Å². The van der Waals surface area contributed by atoms with Gasteiger partial charge in [-0.3, -0.25) is 14.6 Å². The summed E-state index contributed by atoms with van der Waals surface area (Å²) >= 11 is 1.60. The summed E-state index contributed by atoms with van der Waals surface area (Å²) in [4.78, 5) is 45.4. The van der Waals surface area contributed by atoms with Gasteiger partial charge in [0.2, 0.25) is 0 Å². The molecular formula is C36H33N5O3S. The van der Waals surface area contributed by atoms with Gasteiger partial charge in [0.15, 0.2) is 0 Å². The third kappa shape index (κ3) is 5.74. The zero-order chi connectivity index (χ0) is 30.8. The van der Waals surface area contributed by atoms with Crippen LogP contribution in [0.4, 0.5) is 0 Å². The summed E-state index contributed by atoms with van der Waals surface area (Å²) in [7, 11) is 0. The lowest BCUT2D eigenvalue weighted by molar-refractivity contribution is 0.0685. The number of carbonyl (C=O) groups is 2. The van der Waals surface area contributed by atoms with Gasteiger partial charge in [-0.1, -0.05) is 24.1 Å². The van der Waals surface area contributed by atoms with E-state index in [1.807, 2.05) is 65.6 Å². The fourth-order valence-electron chi connectivity index (χ4n) is 6.35. The number of benzene rings is 2. The number of rotatable bonds is 6. The van der Waals surface area contributed by atoms with Crippen LogP contribution in [-0.4, -0.2) is 62.7 Å². The van der Waals surface area contributed by atoms with E-state index in [0.717, 1.165) is 40.2 Å². The smallest absolute Gasteiger partial charge is 0.272 e. The Hall–Kier alpha value is -4.81. The third-order valence-electron chi connectivity index (χ3n) is 8.91. The molecule has 0 saturated carbocycles. The van der Waals surface area contributed by atoms with Crippen molar-refractivity contribution in [2.75, 3.05) is 26.2 Å². The first-order valence-electron chi connectivity index (χ1n) is 15.4. The molecule has 5 heterocycles. The quantitative estimate of drug-likeness (QED) is 0.210. The van der Waals surface area contributed by atoms with Gasteiger partial charge in [-0.25, -0.2) is 9.97 Å². The Kier molecular flexibility index (Phi) is 7.90. The van der Waals surface area contributed by atoms with Gasteiger partial charge >= 0.3 is 0 Å². The van der Waals surface area contributed by atoms with E-state index in [-0.39, 0.29) is 17.5 Å². The molecule has 3 aromatic heterocycles. The van der Waals surface area contributed by atoms with Crippen molar-refractivity contribution in [1.29, 1.82) is 0 Å². The van der Waals surface area contributed by atoms with Gasteiger partial charge in [0, 0.05) is 37.8 Å². The van der Waals surface area contributed by atoms with Gasteiger partial charge in [-0.2, -0.15) is 0 Å². The van der Waals surface area contributed by atoms with Crippen LogP contribution in [0.5, 0.6) is 5.75 Å². The monoisotopic (exact) mass is 615 g/mol. The Bertz CT molecular complexity index is 1890. The average Bonchev–Trinajstić information content (AvgIpc) is 3.53. The topological polar surface area (TPSA) is 88.5 Å². The lowest BCUT2D eigenvalue weighted by Gasteiger charge is -2.38. The van der Waals surface area contributed by atoms with Crippen LogP contribution in [-0.2, 0) is 12.0 Å². The number of amides is 2. The highest BCUT2D eigenvalue weighted by molar-refractivity contribution is 7.18. The molecule has 0 atom stereocenters. The molecule has 2 fully saturated rings. The molecule has 45 heavy (non-hydrogen) atoms. The number of thiazole rings is 1. The summed E-state index contributed by atoms with van der Waals surface area (Å²) < 4.78 is 7.26. The minimum atomic E-state index is -0.508. The van der Waals surface area contributed by atoms with Crippen LogP contribution in [0, 0.1) is 12.3 Å². The number of pyridine rings is 2. The van der Waals surface area contributed by atoms with E-state index >= 15 is 0 Å². The number of likely N-dealkylation sites (tertiary alicyclic amines) is 2. The lowest BCUT2D eigenvalue weighted by atomic mass is 9.76. The van der Waals surface area contributed by atoms with E-state index in [1.54, 1.807) is 28.5 Å².